The average molecular weight is 408 g/mol. The van der Waals surface area contributed by atoms with Crippen LogP contribution >= 0.6 is 22.9 Å². The molecule has 0 unspecified atom stereocenters. The molecule has 22 heavy (non-hydrogen) atoms. The highest BCUT2D eigenvalue weighted by Gasteiger charge is 2.18. The molecule has 5 heteroatoms. The summed E-state index contributed by atoms with van der Waals surface area (Å²) in [4.78, 5) is 2.17. The van der Waals surface area contributed by atoms with Gasteiger partial charge in [-0.3, -0.25) is 4.90 Å². The minimum Gasteiger partial charge on any atom is -0.478 e. The molecular formula is C17H17IN2O2. The lowest BCUT2D eigenvalue weighted by atomic mass is 9.99. The first-order valence-corrected chi connectivity index (χ1v) is 8.26. The van der Waals surface area contributed by atoms with Crippen molar-refractivity contribution in [1.29, 1.82) is 0 Å². The Kier molecular flexibility index (Phi) is 3.71. The van der Waals surface area contributed by atoms with Crippen LogP contribution < -0.4 is 9.47 Å². The Morgan fingerprint density at radius 2 is 1.45 bits per heavy atom. The minimum absolute atomic E-state index is 0.648. The molecule has 0 saturated carbocycles. The number of benzene rings is 2. The quantitative estimate of drug-likeness (QED) is 0.532. The molecule has 2 aromatic carbocycles. The van der Waals surface area contributed by atoms with Crippen molar-refractivity contribution in [3.8, 4) is 22.6 Å². The van der Waals surface area contributed by atoms with Gasteiger partial charge in [-0.15, -0.1) is 0 Å². The predicted octanol–water partition coefficient (Wildman–Crippen LogP) is 3.64. The lowest BCUT2D eigenvalue weighted by Gasteiger charge is -2.26. The highest BCUT2D eigenvalue weighted by atomic mass is 127. The minimum atomic E-state index is 0.648. The monoisotopic (exact) mass is 408 g/mol. The number of rotatable bonds is 1. The maximum absolute atomic E-state index is 5.73. The van der Waals surface area contributed by atoms with E-state index in [0.29, 0.717) is 13.5 Å². The zero-order chi connectivity index (χ0) is 15.1. The normalized spacial score (nSPS) is 18.1. The first-order chi connectivity index (χ1) is 10.7. The van der Waals surface area contributed by atoms with Crippen molar-refractivity contribution in [1.82, 2.24) is 8.01 Å². The van der Waals surface area contributed by atoms with Crippen molar-refractivity contribution in [2.75, 3.05) is 20.5 Å². The highest BCUT2D eigenvalue weighted by Crippen LogP contribution is 2.34. The van der Waals surface area contributed by atoms with E-state index < -0.39 is 0 Å². The summed E-state index contributed by atoms with van der Waals surface area (Å²) >= 11 is 2.30. The Bertz CT molecular complexity index is 658. The number of fused-ring (bicyclic) bond motifs is 2. The van der Waals surface area contributed by atoms with Crippen LogP contribution in [0.25, 0.3) is 11.1 Å². The Morgan fingerprint density at radius 1 is 0.864 bits per heavy atom. The molecule has 4 rings (SSSR count). The molecule has 0 saturated heterocycles. The number of hydrogen-bond acceptors (Lipinski definition) is 4. The van der Waals surface area contributed by atoms with Crippen LogP contribution in [0.15, 0.2) is 36.4 Å². The summed E-state index contributed by atoms with van der Waals surface area (Å²) in [6.07, 6.45) is 0. The van der Waals surface area contributed by atoms with E-state index in [0.717, 1.165) is 24.6 Å². The molecular weight excluding hydrogens is 391 g/mol. The van der Waals surface area contributed by atoms with Crippen molar-refractivity contribution in [3.63, 3.8) is 0 Å². The third-order valence-electron chi connectivity index (χ3n) is 4.04. The molecule has 0 aliphatic carbocycles. The second-order valence-corrected chi connectivity index (χ2v) is 7.19. The van der Waals surface area contributed by atoms with Crippen LogP contribution in [0.5, 0.6) is 11.5 Å². The molecule has 0 atom stereocenters. The molecule has 0 radical (unpaired) electrons. The smallest absolute Gasteiger partial charge is 0.150 e. The van der Waals surface area contributed by atoms with Crippen LogP contribution in [0, 0.1) is 0 Å². The van der Waals surface area contributed by atoms with Gasteiger partial charge in [-0.2, -0.15) is 0 Å². The maximum atomic E-state index is 5.73. The van der Waals surface area contributed by atoms with E-state index in [1.807, 2.05) is 0 Å². The molecule has 2 aliphatic heterocycles. The van der Waals surface area contributed by atoms with E-state index in [9.17, 15) is 0 Å². The van der Waals surface area contributed by atoms with Crippen LogP contribution in [0.1, 0.15) is 11.1 Å². The molecule has 0 bridgehead atoms. The van der Waals surface area contributed by atoms with Crippen LogP contribution in [0.2, 0.25) is 0 Å². The predicted molar refractivity (Wildman–Crippen MR) is 93.9 cm³/mol. The SMILES string of the molecule is CN1COc2ccc(-c3ccc4c(c3)CN(I)CO4)cc2C1. The van der Waals surface area contributed by atoms with Gasteiger partial charge in [0.05, 0.1) is 0 Å². The number of halogens is 1. The zero-order valence-corrected chi connectivity index (χ0v) is 14.5. The number of ether oxygens (including phenoxy) is 2. The first kappa shape index (κ1) is 14.3. The van der Waals surface area contributed by atoms with Gasteiger partial charge in [0.15, 0.2) is 6.73 Å². The summed E-state index contributed by atoms with van der Waals surface area (Å²) in [5.74, 6) is 2.00. The second kappa shape index (κ2) is 5.72. The van der Waals surface area contributed by atoms with E-state index in [2.05, 4.69) is 74.3 Å². The molecule has 0 N–H and O–H groups in total. The molecule has 2 aliphatic rings. The molecule has 0 fully saturated rings. The molecule has 2 heterocycles. The van der Waals surface area contributed by atoms with Gasteiger partial charge in [0, 0.05) is 47.1 Å². The Morgan fingerprint density at radius 3 is 2.14 bits per heavy atom. The fourth-order valence-corrected chi connectivity index (χ4v) is 3.44. The van der Waals surface area contributed by atoms with E-state index in [-0.39, 0.29) is 0 Å². The van der Waals surface area contributed by atoms with Crippen LogP contribution in [-0.2, 0) is 13.1 Å². The summed E-state index contributed by atoms with van der Waals surface area (Å²) in [6.45, 7) is 3.16. The molecule has 0 spiro atoms. The third kappa shape index (κ3) is 2.68. The van der Waals surface area contributed by atoms with E-state index in [1.165, 1.54) is 22.3 Å². The van der Waals surface area contributed by atoms with Gasteiger partial charge in [-0.1, -0.05) is 12.1 Å². The lowest BCUT2D eigenvalue weighted by Crippen LogP contribution is -2.28. The van der Waals surface area contributed by atoms with Gasteiger partial charge >= 0.3 is 0 Å². The average Bonchev–Trinajstić information content (AvgIpc) is 2.53. The molecule has 0 amide bonds. The summed E-state index contributed by atoms with van der Waals surface area (Å²) in [5, 5.41) is 0. The fraction of sp³-hybridized carbons (Fsp3) is 0.294. The van der Waals surface area contributed by atoms with E-state index in [4.69, 9.17) is 9.47 Å². The Balaban J connectivity index is 1.70. The number of nitrogens with zero attached hydrogens (tertiary/aromatic N) is 2. The van der Waals surface area contributed by atoms with Crippen LogP contribution in [0.3, 0.4) is 0 Å². The van der Waals surface area contributed by atoms with Crippen molar-refractivity contribution in [3.05, 3.63) is 47.5 Å². The standard InChI is InChI=1S/C17H17IN2O2/c1-19-8-14-6-12(2-4-16(14)21-10-19)13-3-5-17-15(7-13)9-20(18)11-22-17/h2-7H,8-11H2,1H3. The van der Waals surface area contributed by atoms with Crippen LogP contribution in [0.4, 0.5) is 0 Å². The molecule has 0 aromatic heterocycles. The summed E-state index contributed by atoms with van der Waals surface area (Å²) in [7, 11) is 2.07. The molecule has 2 aromatic rings. The van der Waals surface area contributed by atoms with Crippen molar-refractivity contribution in [2.24, 2.45) is 0 Å². The zero-order valence-electron chi connectivity index (χ0n) is 12.4. The van der Waals surface area contributed by atoms with Crippen molar-refractivity contribution in [2.45, 2.75) is 13.1 Å². The third-order valence-corrected chi connectivity index (χ3v) is 4.66. The largest absolute Gasteiger partial charge is 0.478 e. The maximum Gasteiger partial charge on any atom is 0.150 e. The van der Waals surface area contributed by atoms with Gasteiger partial charge in [0.25, 0.3) is 0 Å². The first-order valence-electron chi connectivity index (χ1n) is 7.30. The Hall–Kier alpha value is -1.31. The molecule has 4 nitrogen and oxygen atoms in total. The van der Waals surface area contributed by atoms with E-state index in [1.54, 1.807) is 0 Å². The van der Waals surface area contributed by atoms with Crippen molar-refractivity contribution >= 4 is 22.9 Å². The highest BCUT2D eigenvalue weighted by molar-refractivity contribution is 14.1. The summed E-state index contributed by atoms with van der Waals surface area (Å²) in [5.41, 5.74) is 4.94. The van der Waals surface area contributed by atoms with Gasteiger partial charge in [-0.25, -0.2) is 3.11 Å². The lowest BCUT2D eigenvalue weighted by molar-refractivity contribution is 0.121. The van der Waals surface area contributed by atoms with Crippen molar-refractivity contribution < 1.29 is 9.47 Å². The Labute approximate surface area is 144 Å². The van der Waals surface area contributed by atoms with E-state index >= 15 is 0 Å². The topological polar surface area (TPSA) is 24.9 Å². The fourth-order valence-electron chi connectivity index (χ4n) is 2.93. The van der Waals surface area contributed by atoms with Gasteiger partial charge in [0.2, 0.25) is 0 Å². The number of hydrogen-bond donors (Lipinski definition) is 0. The van der Waals surface area contributed by atoms with Gasteiger partial charge in [0.1, 0.15) is 18.2 Å². The molecule has 114 valence electrons. The van der Waals surface area contributed by atoms with Gasteiger partial charge < -0.3 is 9.47 Å². The summed E-state index contributed by atoms with van der Waals surface area (Å²) < 4.78 is 13.6. The summed E-state index contributed by atoms with van der Waals surface area (Å²) in [6, 6.07) is 12.9. The van der Waals surface area contributed by atoms with Crippen LogP contribution in [-0.4, -0.2) is 28.5 Å². The van der Waals surface area contributed by atoms with Gasteiger partial charge in [-0.05, 0) is 42.4 Å². The second-order valence-electron chi connectivity index (χ2n) is 5.83.